The number of thioether (sulfide) groups is 1. The second-order valence-corrected chi connectivity index (χ2v) is 11.7. The van der Waals surface area contributed by atoms with E-state index in [1.54, 1.807) is 12.1 Å². The Morgan fingerprint density at radius 3 is 2.29 bits per heavy atom. The smallest absolute Gasteiger partial charge is 0.243 e. The van der Waals surface area contributed by atoms with E-state index in [2.05, 4.69) is 49.9 Å². The van der Waals surface area contributed by atoms with Crippen molar-refractivity contribution in [2.75, 3.05) is 32.0 Å². The van der Waals surface area contributed by atoms with E-state index in [4.69, 9.17) is 9.47 Å². The van der Waals surface area contributed by atoms with Crippen LogP contribution in [-0.2, 0) is 14.9 Å². The lowest BCUT2D eigenvalue weighted by Crippen LogP contribution is -2.49. The summed E-state index contributed by atoms with van der Waals surface area (Å²) in [5.74, 6) is 1.41. The summed E-state index contributed by atoms with van der Waals surface area (Å²) in [5, 5.41) is 0. The van der Waals surface area contributed by atoms with Gasteiger partial charge in [0.2, 0.25) is 11.6 Å². The zero-order valence-electron chi connectivity index (χ0n) is 23.5. The molecule has 38 heavy (non-hydrogen) atoms. The average molecular weight is 536 g/mol. The molecule has 1 saturated heterocycles. The Hall–Kier alpha value is -2.57. The summed E-state index contributed by atoms with van der Waals surface area (Å²) in [5.41, 5.74) is 2.47. The van der Waals surface area contributed by atoms with E-state index in [0.717, 1.165) is 62.4 Å². The fraction of sp³-hybridized carbons (Fsp3) is 0.500. The van der Waals surface area contributed by atoms with Gasteiger partial charge in [0.05, 0.1) is 6.61 Å². The number of benzene rings is 2. The Kier molecular flexibility index (Phi) is 9.04. The second-order valence-electron chi connectivity index (χ2n) is 10.7. The number of hydrogen-bond acceptors (Lipinski definition) is 6. The van der Waals surface area contributed by atoms with E-state index in [1.807, 2.05) is 26.0 Å². The second kappa shape index (κ2) is 12.1. The maximum Gasteiger partial charge on any atom is 0.243 e. The minimum Gasteiger partial charge on any atom is -0.494 e. The molecule has 0 unspecified atom stereocenters. The van der Waals surface area contributed by atoms with Crippen molar-refractivity contribution in [3.63, 3.8) is 0 Å². The highest BCUT2D eigenvalue weighted by atomic mass is 32.2. The van der Waals surface area contributed by atoms with Gasteiger partial charge >= 0.3 is 0 Å². The first kappa shape index (κ1) is 28.4. The van der Waals surface area contributed by atoms with E-state index in [-0.39, 0.29) is 11.0 Å². The monoisotopic (exact) mass is 535 g/mol. The van der Waals surface area contributed by atoms with Crippen LogP contribution in [0.1, 0.15) is 81.8 Å². The minimum atomic E-state index is -0.426. The summed E-state index contributed by atoms with van der Waals surface area (Å²) in [6.45, 7) is 14.4. The molecule has 3 aliphatic rings. The van der Waals surface area contributed by atoms with Crippen molar-refractivity contribution in [3.05, 3.63) is 70.1 Å². The molecule has 0 bridgehead atoms. The molecule has 2 aromatic rings. The van der Waals surface area contributed by atoms with E-state index >= 15 is 0 Å². The third-order valence-electron chi connectivity index (χ3n) is 8.01. The third-order valence-corrected chi connectivity index (χ3v) is 9.34. The van der Waals surface area contributed by atoms with Crippen LogP contribution in [0, 0.1) is 0 Å². The van der Waals surface area contributed by atoms with Gasteiger partial charge in [0.1, 0.15) is 22.0 Å². The first-order valence-electron chi connectivity index (χ1n) is 14.0. The highest BCUT2D eigenvalue weighted by Crippen LogP contribution is 2.47. The molecule has 5 rings (SSSR count). The predicted molar refractivity (Wildman–Crippen MR) is 156 cm³/mol. The van der Waals surface area contributed by atoms with Gasteiger partial charge in [-0.2, -0.15) is 0 Å². The van der Waals surface area contributed by atoms with Crippen LogP contribution in [0.25, 0.3) is 5.76 Å². The van der Waals surface area contributed by atoms with E-state index in [0.29, 0.717) is 22.8 Å². The normalized spacial score (nSPS) is 18.8. The molecule has 0 saturated carbocycles. The first-order valence-corrected chi connectivity index (χ1v) is 15.0. The molecule has 0 N–H and O–H groups in total. The number of carbonyl (C=O) groups excluding carboxylic acids is 2. The maximum absolute atomic E-state index is 12.6. The van der Waals surface area contributed by atoms with E-state index in [1.165, 1.54) is 17.3 Å². The largest absolute Gasteiger partial charge is 0.494 e. The summed E-state index contributed by atoms with van der Waals surface area (Å²) < 4.78 is 12.6. The number of likely N-dealkylation sites (tertiary alicyclic amines) is 1. The van der Waals surface area contributed by atoms with Crippen molar-refractivity contribution >= 4 is 29.1 Å². The maximum atomic E-state index is 12.6. The molecular formula is C32H41NO4S. The molecule has 1 fully saturated rings. The van der Waals surface area contributed by atoms with Crippen LogP contribution in [0.4, 0.5) is 0 Å². The van der Waals surface area contributed by atoms with Gasteiger partial charge in [0, 0.05) is 49.4 Å². The number of allylic oxidation sites excluding steroid dienone is 1. The third kappa shape index (κ3) is 5.86. The molecule has 0 radical (unpaired) electrons. The predicted octanol–water partition coefficient (Wildman–Crippen LogP) is 6.90. The van der Waals surface area contributed by atoms with Crippen LogP contribution in [0.2, 0.25) is 0 Å². The van der Waals surface area contributed by atoms with Crippen molar-refractivity contribution in [3.8, 4) is 5.75 Å². The van der Waals surface area contributed by atoms with Crippen LogP contribution in [-0.4, -0.2) is 54.1 Å². The molecule has 5 nitrogen and oxygen atoms in total. The molecular weight excluding hydrogens is 494 g/mol. The van der Waals surface area contributed by atoms with Crippen molar-refractivity contribution in [1.29, 1.82) is 0 Å². The lowest BCUT2D eigenvalue weighted by Gasteiger charge is -2.45. The SMILES string of the molecule is CC.CCC(C)(C)c1ccc(OCCCN2CCC3(CC2)CSC2=C(O3)c3ccccc3C(=O)C2=O)cc1. The van der Waals surface area contributed by atoms with Crippen LogP contribution in [0.5, 0.6) is 5.75 Å². The number of fused-ring (bicyclic) bond motifs is 2. The molecule has 0 aromatic heterocycles. The zero-order valence-corrected chi connectivity index (χ0v) is 24.3. The highest BCUT2D eigenvalue weighted by Gasteiger charge is 2.45. The molecule has 0 amide bonds. The van der Waals surface area contributed by atoms with Crippen molar-refractivity contribution < 1.29 is 19.1 Å². The van der Waals surface area contributed by atoms with Crippen molar-refractivity contribution in [1.82, 2.24) is 4.90 Å². The van der Waals surface area contributed by atoms with Crippen LogP contribution in [0.3, 0.4) is 0 Å². The van der Waals surface area contributed by atoms with E-state index < -0.39 is 11.6 Å². The topological polar surface area (TPSA) is 55.8 Å². The summed E-state index contributed by atoms with van der Waals surface area (Å²) in [6.07, 6.45) is 3.91. The number of carbonyl (C=O) groups is 2. The van der Waals surface area contributed by atoms with E-state index in [9.17, 15) is 9.59 Å². The van der Waals surface area contributed by atoms with Gasteiger partial charge in [-0.3, -0.25) is 9.59 Å². The van der Waals surface area contributed by atoms with Gasteiger partial charge in [0.15, 0.2) is 0 Å². The van der Waals surface area contributed by atoms with Gasteiger partial charge in [-0.05, 0) is 36.0 Å². The number of ether oxygens (including phenoxy) is 2. The molecule has 1 spiro atoms. The van der Waals surface area contributed by atoms with Crippen LogP contribution < -0.4 is 4.74 Å². The Morgan fingerprint density at radius 1 is 0.974 bits per heavy atom. The Morgan fingerprint density at radius 2 is 1.63 bits per heavy atom. The molecule has 6 heteroatoms. The minimum absolute atomic E-state index is 0.191. The summed E-state index contributed by atoms with van der Waals surface area (Å²) in [6, 6.07) is 15.8. The van der Waals surface area contributed by atoms with Crippen molar-refractivity contribution in [2.24, 2.45) is 0 Å². The number of nitrogens with zero attached hydrogens (tertiary/aromatic N) is 1. The number of piperidine rings is 1. The molecule has 204 valence electrons. The van der Waals surface area contributed by atoms with Crippen LogP contribution in [0.15, 0.2) is 53.4 Å². The quantitative estimate of drug-likeness (QED) is 0.284. The standard InChI is InChI=1S/C30H35NO4S.C2H6/c1-4-29(2,3)21-10-12-22(13-11-21)34-19-7-16-31-17-14-30(15-18-31)20-36-28-26(33)25(32)23-8-5-6-9-24(23)27(28)35-30;1-2/h5-6,8-13H,4,7,14-20H2,1-3H3;1-2H3. The molecule has 2 aromatic carbocycles. The fourth-order valence-electron chi connectivity index (χ4n) is 5.13. The molecule has 2 aliphatic heterocycles. The average Bonchev–Trinajstić information content (AvgIpc) is 2.96. The molecule has 2 heterocycles. The lowest BCUT2D eigenvalue weighted by atomic mass is 9.82. The summed E-state index contributed by atoms with van der Waals surface area (Å²) in [7, 11) is 0. The summed E-state index contributed by atoms with van der Waals surface area (Å²) in [4.78, 5) is 28.1. The number of Topliss-reactive ketones (excluding diaryl/α,β-unsaturated/α-hetero) is 2. The summed E-state index contributed by atoms with van der Waals surface area (Å²) >= 11 is 1.50. The van der Waals surface area contributed by atoms with Gasteiger partial charge in [-0.25, -0.2) is 0 Å². The first-order chi connectivity index (χ1) is 18.3. The van der Waals surface area contributed by atoms with Gasteiger partial charge in [-0.1, -0.05) is 71.0 Å². The zero-order chi connectivity index (χ0) is 27.3. The number of hydrogen-bond donors (Lipinski definition) is 0. The number of rotatable bonds is 7. The van der Waals surface area contributed by atoms with Crippen LogP contribution >= 0.6 is 11.8 Å². The fourth-order valence-corrected chi connectivity index (χ4v) is 6.39. The highest BCUT2D eigenvalue weighted by molar-refractivity contribution is 8.04. The molecule has 0 atom stereocenters. The lowest BCUT2D eigenvalue weighted by molar-refractivity contribution is -0.111. The Balaban J connectivity index is 0.00000164. The van der Waals surface area contributed by atoms with Gasteiger partial charge in [-0.15, -0.1) is 11.8 Å². The Bertz CT molecular complexity index is 1180. The Labute approximate surface area is 232 Å². The number of ketones is 2. The van der Waals surface area contributed by atoms with Gasteiger partial charge < -0.3 is 14.4 Å². The molecule has 1 aliphatic carbocycles. The van der Waals surface area contributed by atoms with Gasteiger partial charge in [0.25, 0.3) is 0 Å². The van der Waals surface area contributed by atoms with Crippen molar-refractivity contribution in [2.45, 2.75) is 71.3 Å².